The second-order valence-corrected chi connectivity index (χ2v) is 4.17. The van der Waals surface area contributed by atoms with E-state index >= 15 is 0 Å². The molecule has 0 atom stereocenters. The average molecular weight is 233 g/mol. The van der Waals surface area contributed by atoms with Crippen LogP contribution in [0, 0.1) is 0 Å². The third kappa shape index (κ3) is 2.05. The highest BCUT2D eigenvalue weighted by Crippen LogP contribution is 2.25. The maximum atomic E-state index is 6.06. The maximum absolute atomic E-state index is 6.06. The van der Waals surface area contributed by atoms with Crippen molar-refractivity contribution >= 4 is 5.82 Å². The number of hydrogen-bond acceptors (Lipinski definition) is 3. The third-order valence-corrected chi connectivity index (χ3v) is 2.91. The van der Waals surface area contributed by atoms with Gasteiger partial charge < -0.3 is 10.3 Å². The minimum atomic E-state index is 0.706. The molecule has 0 saturated heterocycles. The number of rotatable bonds is 4. The lowest BCUT2D eigenvalue weighted by Gasteiger charge is -1.98. The fraction of sp³-hybridized carbons (Fsp3) is 0.500. The first-order valence-corrected chi connectivity index (χ1v) is 6.01. The lowest BCUT2D eigenvalue weighted by atomic mass is 10.2. The molecule has 0 radical (unpaired) electrons. The largest absolute Gasteiger partial charge is 0.383 e. The molecule has 0 aliphatic rings. The van der Waals surface area contributed by atoms with Crippen LogP contribution in [0.5, 0.6) is 0 Å². The van der Waals surface area contributed by atoms with Gasteiger partial charge in [-0.05, 0) is 6.42 Å². The maximum Gasteiger partial charge on any atom is 0.131 e. The standard InChI is InChI=1S/C12H19N5/c1-4-6-17-8-9(7-14-17)11-12(13)16(3)10(5-2)15-11/h7-8H,4-6,13H2,1-3H3. The molecule has 0 unspecified atom stereocenters. The van der Waals surface area contributed by atoms with Crippen molar-refractivity contribution in [3.63, 3.8) is 0 Å². The van der Waals surface area contributed by atoms with Crippen LogP contribution in [0.2, 0.25) is 0 Å². The Labute approximate surface area is 101 Å². The smallest absolute Gasteiger partial charge is 0.131 e. The van der Waals surface area contributed by atoms with Gasteiger partial charge >= 0.3 is 0 Å². The van der Waals surface area contributed by atoms with Crippen molar-refractivity contribution in [2.45, 2.75) is 33.2 Å². The van der Waals surface area contributed by atoms with Crippen LogP contribution in [0.3, 0.4) is 0 Å². The van der Waals surface area contributed by atoms with E-state index in [1.165, 1.54) is 0 Å². The van der Waals surface area contributed by atoms with Gasteiger partial charge in [0.1, 0.15) is 17.3 Å². The summed E-state index contributed by atoms with van der Waals surface area (Å²) in [4.78, 5) is 4.56. The summed E-state index contributed by atoms with van der Waals surface area (Å²) in [6.07, 6.45) is 5.78. The molecule has 0 saturated carbocycles. The first-order chi connectivity index (χ1) is 8.17. The molecule has 2 N–H and O–H groups in total. The van der Waals surface area contributed by atoms with E-state index in [4.69, 9.17) is 5.73 Å². The molecular weight excluding hydrogens is 214 g/mol. The van der Waals surface area contributed by atoms with Crippen LogP contribution < -0.4 is 5.73 Å². The SMILES string of the molecule is CCCn1cc(-c2nc(CC)n(C)c2N)cn1. The molecule has 5 nitrogen and oxygen atoms in total. The Morgan fingerprint density at radius 3 is 2.71 bits per heavy atom. The average Bonchev–Trinajstić information content (AvgIpc) is 2.87. The normalized spacial score (nSPS) is 11.0. The molecule has 0 bridgehead atoms. The van der Waals surface area contributed by atoms with E-state index < -0.39 is 0 Å². The summed E-state index contributed by atoms with van der Waals surface area (Å²) in [5.41, 5.74) is 7.89. The molecule has 0 fully saturated rings. The van der Waals surface area contributed by atoms with Crippen LogP contribution in [0.25, 0.3) is 11.3 Å². The molecule has 2 aromatic rings. The van der Waals surface area contributed by atoms with Gasteiger partial charge in [0, 0.05) is 31.8 Å². The first kappa shape index (κ1) is 11.7. The van der Waals surface area contributed by atoms with E-state index in [-0.39, 0.29) is 0 Å². The predicted molar refractivity (Wildman–Crippen MR) is 68.5 cm³/mol. The molecule has 2 rings (SSSR count). The number of aryl methyl sites for hydroxylation is 2. The van der Waals surface area contributed by atoms with Crippen LogP contribution in [-0.4, -0.2) is 19.3 Å². The van der Waals surface area contributed by atoms with Crippen LogP contribution in [0.4, 0.5) is 5.82 Å². The minimum absolute atomic E-state index is 0.706. The van der Waals surface area contributed by atoms with Crippen LogP contribution in [0.15, 0.2) is 12.4 Å². The monoisotopic (exact) mass is 233 g/mol. The molecule has 17 heavy (non-hydrogen) atoms. The van der Waals surface area contributed by atoms with Crippen LogP contribution >= 0.6 is 0 Å². The highest BCUT2D eigenvalue weighted by molar-refractivity contribution is 5.69. The number of nitrogens with zero attached hydrogens (tertiary/aromatic N) is 4. The molecular formula is C12H19N5. The van der Waals surface area contributed by atoms with Gasteiger partial charge in [-0.2, -0.15) is 5.10 Å². The Morgan fingerprint density at radius 1 is 1.35 bits per heavy atom. The summed E-state index contributed by atoms with van der Waals surface area (Å²) in [6.45, 7) is 5.13. The van der Waals surface area contributed by atoms with Gasteiger partial charge in [0.15, 0.2) is 0 Å². The molecule has 0 aliphatic heterocycles. The number of nitrogens with two attached hydrogens (primary N) is 1. The summed E-state index contributed by atoms with van der Waals surface area (Å²) >= 11 is 0. The molecule has 5 heteroatoms. The molecule has 0 spiro atoms. The van der Waals surface area contributed by atoms with Gasteiger partial charge in [0.05, 0.1) is 6.20 Å². The van der Waals surface area contributed by atoms with Crippen molar-refractivity contribution in [3.8, 4) is 11.3 Å². The molecule has 92 valence electrons. The molecule has 0 aliphatic carbocycles. The zero-order valence-corrected chi connectivity index (χ0v) is 10.6. The summed E-state index contributed by atoms with van der Waals surface area (Å²) in [7, 11) is 1.95. The highest BCUT2D eigenvalue weighted by atomic mass is 15.3. The van der Waals surface area contributed by atoms with Crippen LogP contribution in [-0.2, 0) is 20.0 Å². The minimum Gasteiger partial charge on any atom is -0.383 e. The fourth-order valence-electron chi connectivity index (χ4n) is 1.93. The Morgan fingerprint density at radius 2 is 2.12 bits per heavy atom. The van der Waals surface area contributed by atoms with Crippen molar-refractivity contribution in [1.82, 2.24) is 19.3 Å². The summed E-state index contributed by atoms with van der Waals surface area (Å²) < 4.78 is 3.86. The zero-order chi connectivity index (χ0) is 12.4. The molecule has 0 aromatic carbocycles. The van der Waals surface area contributed by atoms with Crippen molar-refractivity contribution in [2.75, 3.05) is 5.73 Å². The van der Waals surface area contributed by atoms with E-state index in [0.29, 0.717) is 5.82 Å². The van der Waals surface area contributed by atoms with E-state index in [1.807, 2.05) is 28.7 Å². The second kappa shape index (κ2) is 4.61. The Bertz CT molecular complexity index is 509. The van der Waals surface area contributed by atoms with E-state index in [1.54, 1.807) is 0 Å². The van der Waals surface area contributed by atoms with Gasteiger partial charge in [-0.15, -0.1) is 0 Å². The van der Waals surface area contributed by atoms with Crippen molar-refractivity contribution in [1.29, 1.82) is 0 Å². The number of anilines is 1. The van der Waals surface area contributed by atoms with Crippen LogP contribution in [0.1, 0.15) is 26.1 Å². The number of hydrogen-bond donors (Lipinski definition) is 1. The lowest BCUT2D eigenvalue weighted by molar-refractivity contribution is 0.603. The van der Waals surface area contributed by atoms with Gasteiger partial charge in [0.2, 0.25) is 0 Å². The van der Waals surface area contributed by atoms with Gasteiger partial charge in [0.25, 0.3) is 0 Å². The number of nitrogen functional groups attached to an aromatic ring is 1. The quantitative estimate of drug-likeness (QED) is 0.876. The van der Waals surface area contributed by atoms with Gasteiger partial charge in [-0.1, -0.05) is 13.8 Å². The number of aromatic nitrogens is 4. The van der Waals surface area contributed by atoms with E-state index in [2.05, 4.69) is 23.9 Å². The third-order valence-electron chi connectivity index (χ3n) is 2.91. The molecule has 2 aromatic heterocycles. The Kier molecular flexibility index (Phi) is 3.17. The molecule has 0 amide bonds. The summed E-state index contributed by atoms with van der Waals surface area (Å²) in [5.74, 6) is 1.71. The van der Waals surface area contributed by atoms with Crippen molar-refractivity contribution < 1.29 is 0 Å². The fourth-order valence-corrected chi connectivity index (χ4v) is 1.93. The second-order valence-electron chi connectivity index (χ2n) is 4.17. The zero-order valence-electron chi connectivity index (χ0n) is 10.6. The first-order valence-electron chi connectivity index (χ1n) is 6.01. The van der Waals surface area contributed by atoms with Gasteiger partial charge in [-0.25, -0.2) is 4.98 Å². The Balaban J connectivity index is 2.38. The number of imidazole rings is 1. The molecule has 2 heterocycles. The summed E-state index contributed by atoms with van der Waals surface area (Å²) in [5, 5.41) is 4.30. The van der Waals surface area contributed by atoms with Crippen molar-refractivity contribution in [3.05, 3.63) is 18.2 Å². The van der Waals surface area contributed by atoms with E-state index in [9.17, 15) is 0 Å². The predicted octanol–water partition coefficient (Wildman–Crippen LogP) is 1.84. The highest BCUT2D eigenvalue weighted by Gasteiger charge is 2.13. The van der Waals surface area contributed by atoms with Crippen molar-refractivity contribution in [2.24, 2.45) is 7.05 Å². The van der Waals surface area contributed by atoms with Gasteiger partial charge in [-0.3, -0.25) is 4.68 Å². The summed E-state index contributed by atoms with van der Waals surface area (Å²) in [6, 6.07) is 0. The van der Waals surface area contributed by atoms with E-state index in [0.717, 1.165) is 36.5 Å². The topological polar surface area (TPSA) is 61.7 Å². The lowest BCUT2D eigenvalue weighted by Crippen LogP contribution is -2.00. The Hall–Kier alpha value is -1.78.